The molecule has 1 aliphatic carbocycles. The summed E-state index contributed by atoms with van der Waals surface area (Å²) in [6.45, 7) is 0.496. The Morgan fingerprint density at radius 1 is 1.59 bits per heavy atom. The number of hydrogen-bond acceptors (Lipinski definition) is 4. The lowest BCUT2D eigenvalue weighted by atomic mass is 10.1. The second-order valence-electron chi connectivity index (χ2n) is 4.39. The van der Waals surface area contributed by atoms with Gasteiger partial charge in [-0.3, -0.25) is 14.9 Å². The lowest BCUT2D eigenvalue weighted by Crippen LogP contribution is -2.26. The molecular weight excluding hydrogens is 308 g/mol. The first-order valence-corrected chi connectivity index (χ1v) is 6.55. The number of aromatic nitrogens is 1. The van der Waals surface area contributed by atoms with Crippen LogP contribution in [0.2, 0.25) is 0 Å². The Labute approximate surface area is 112 Å². The average molecular weight is 319 g/mol. The third kappa shape index (κ3) is 2.55. The maximum Gasteiger partial charge on any atom is 0.335 e. The number of hydrogen-bond donors (Lipinski definition) is 1. The molecule has 0 bridgehead atoms. The highest BCUT2D eigenvalue weighted by atomic mass is 79.9. The fourth-order valence-electron chi connectivity index (χ4n) is 1.74. The molecule has 1 aromatic rings. The van der Waals surface area contributed by atoms with Crippen LogP contribution in [0.25, 0.3) is 0 Å². The quantitative estimate of drug-likeness (QED) is 0.526. The van der Waals surface area contributed by atoms with Crippen molar-refractivity contribution in [1.82, 2.24) is 4.57 Å². The normalized spacial score (nSPS) is 16.8. The summed E-state index contributed by atoms with van der Waals surface area (Å²) >= 11 is 7.44. The zero-order valence-corrected chi connectivity index (χ0v) is 11.4. The number of pyridine rings is 1. The Kier molecular flexibility index (Phi) is 3.31. The van der Waals surface area contributed by atoms with Crippen LogP contribution in [-0.4, -0.2) is 15.2 Å². The molecule has 1 saturated carbocycles. The highest BCUT2D eigenvalue weighted by Gasteiger charge is 2.42. The third-order valence-electron chi connectivity index (χ3n) is 3.03. The number of rotatable bonds is 4. The smallest absolute Gasteiger partial charge is 0.308 e. The summed E-state index contributed by atoms with van der Waals surface area (Å²) in [7, 11) is 0. The molecule has 0 spiro atoms. The standard InChI is InChI=1S/C10H11BrN2O3S/c11-7-3-8(13(15)16)9(14)12(4-7)5-10(6-17)1-2-10/h3-4,17H,1-2,5-6H2. The average Bonchev–Trinajstić information content (AvgIpc) is 3.03. The van der Waals surface area contributed by atoms with Gasteiger partial charge >= 0.3 is 11.2 Å². The zero-order valence-electron chi connectivity index (χ0n) is 8.93. The summed E-state index contributed by atoms with van der Waals surface area (Å²) < 4.78 is 1.95. The van der Waals surface area contributed by atoms with E-state index in [1.165, 1.54) is 10.6 Å². The Morgan fingerprint density at radius 3 is 2.71 bits per heavy atom. The minimum absolute atomic E-state index is 0.0433. The molecule has 0 N–H and O–H groups in total. The molecule has 0 radical (unpaired) electrons. The second-order valence-corrected chi connectivity index (χ2v) is 5.62. The van der Waals surface area contributed by atoms with Crippen molar-refractivity contribution in [2.45, 2.75) is 19.4 Å². The molecule has 0 atom stereocenters. The van der Waals surface area contributed by atoms with E-state index in [4.69, 9.17) is 0 Å². The molecule has 0 aromatic carbocycles. The molecular formula is C10H11BrN2O3S. The van der Waals surface area contributed by atoms with Gasteiger partial charge in [0.25, 0.3) is 0 Å². The minimum atomic E-state index is -0.649. The summed E-state index contributed by atoms with van der Waals surface area (Å²) in [4.78, 5) is 21.9. The molecule has 17 heavy (non-hydrogen) atoms. The van der Waals surface area contributed by atoms with E-state index >= 15 is 0 Å². The van der Waals surface area contributed by atoms with Crippen molar-refractivity contribution in [2.24, 2.45) is 5.41 Å². The fraction of sp³-hybridized carbons (Fsp3) is 0.500. The summed E-state index contributed by atoms with van der Waals surface area (Å²) in [5, 5.41) is 10.7. The van der Waals surface area contributed by atoms with E-state index in [0.717, 1.165) is 12.8 Å². The second kappa shape index (κ2) is 4.45. The van der Waals surface area contributed by atoms with Crippen LogP contribution in [0, 0.1) is 15.5 Å². The van der Waals surface area contributed by atoms with E-state index < -0.39 is 16.2 Å². The van der Waals surface area contributed by atoms with Crippen LogP contribution >= 0.6 is 28.6 Å². The summed E-state index contributed by atoms with van der Waals surface area (Å²) in [5.41, 5.74) is -0.901. The lowest BCUT2D eigenvalue weighted by molar-refractivity contribution is -0.386. The Balaban J connectivity index is 2.40. The number of halogens is 1. The monoisotopic (exact) mass is 318 g/mol. The van der Waals surface area contributed by atoms with Crippen LogP contribution in [0.5, 0.6) is 0 Å². The van der Waals surface area contributed by atoms with Crippen molar-refractivity contribution >= 4 is 34.2 Å². The molecule has 7 heteroatoms. The molecule has 1 aromatic heterocycles. The predicted molar refractivity (Wildman–Crippen MR) is 70.6 cm³/mol. The van der Waals surface area contributed by atoms with Gasteiger partial charge in [-0.2, -0.15) is 12.6 Å². The third-order valence-corrected chi connectivity index (χ3v) is 4.13. The van der Waals surface area contributed by atoms with E-state index in [-0.39, 0.29) is 5.41 Å². The molecule has 2 rings (SSSR count). The maximum atomic E-state index is 11.9. The van der Waals surface area contributed by atoms with E-state index in [1.54, 1.807) is 6.20 Å². The number of nitrogens with zero attached hydrogens (tertiary/aromatic N) is 2. The lowest BCUT2D eigenvalue weighted by Gasteiger charge is -2.13. The Morgan fingerprint density at radius 2 is 2.24 bits per heavy atom. The summed E-state index contributed by atoms with van der Waals surface area (Å²) in [6.07, 6.45) is 3.63. The zero-order chi connectivity index (χ0) is 12.6. The van der Waals surface area contributed by atoms with Gasteiger partial charge in [-0.25, -0.2) is 0 Å². The molecule has 0 amide bonds. The topological polar surface area (TPSA) is 65.1 Å². The fourth-order valence-corrected chi connectivity index (χ4v) is 2.62. The van der Waals surface area contributed by atoms with Crippen LogP contribution in [0.4, 0.5) is 5.69 Å². The van der Waals surface area contributed by atoms with E-state index in [2.05, 4.69) is 28.6 Å². The highest BCUT2D eigenvalue weighted by Crippen LogP contribution is 2.47. The molecule has 5 nitrogen and oxygen atoms in total. The van der Waals surface area contributed by atoms with Gasteiger partial charge in [-0.15, -0.1) is 0 Å². The first kappa shape index (κ1) is 12.6. The number of thiol groups is 1. The molecule has 1 heterocycles. The summed E-state index contributed by atoms with van der Waals surface area (Å²) in [6, 6.07) is 1.24. The van der Waals surface area contributed by atoms with Crippen LogP contribution in [0.15, 0.2) is 21.5 Å². The van der Waals surface area contributed by atoms with Gasteiger partial charge in [0.05, 0.1) is 4.92 Å². The van der Waals surface area contributed by atoms with Gasteiger partial charge in [0.2, 0.25) is 0 Å². The van der Waals surface area contributed by atoms with E-state index in [1.807, 2.05) is 0 Å². The van der Waals surface area contributed by atoms with Gasteiger partial charge in [-0.05, 0) is 39.9 Å². The van der Waals surface area contributed by atoms with Crippen molar-refractivity contribution < 1.29 is 4.92 Å². The Hall–Kier alpha value is -0.820. The van der Waals surface area contributed by atoms with Crippen LogP contribution in [0.1, 0.15) is 12.8 Å². The predicted octanol–water partition coefficient (Wildman–Crippen LogP) is 2.23. The molecule has 1 fully saturated rings. The van der Waals surface area contributed by atoms with Crippen LogP contribution in [0.3, 0.4) is 0 Å². The number of nitro groups is 1. The molecule has 1 aliphatic rings. The van der Waals surface area contributed by atoms with Crippen LogP contribution < -0.4 is 5.56 Å². The Bertz CT molecular complexity index is 525. The van der Waals surface area contributed by atoms with Gasteiger partial charge in [0, 0.05) is 23.3 Å². The van der Waals surface area contributed by atoms with Crippen molar-refractivity contribution in [3.63, 3.8) is 0 Å². The molecule has 92 valence electrons. The highest BCUT2D eigenvalue weighted by molar-refractivity contribution is 9.10. The molecule has 0 saturated heterocycles. The van der Waals surface area contributed by atoms with E-state index in [9.17, 15) is 14.9 Å². The maximum absolute atomic E-state index is 11.9. The minimum Gasteiger partial charge on any atom is -0.308 e. The van der Waals surface area contributed by atoms with Crippen molar-refractivity contribution in [3.8, 4) is 0 Å². The van der Waals surface area contributed by atoms with Crippen LogP contribution in [-0.2, 0) is 6.54 Å². The largest absolute Gasteiger partial charge is 0.335 e. The van der Waals surface area contributed by atoms with Gasteiger partial charge in [0.1, 0.15) is 0 Å². The van der Waals surface area contributed by atoms with E-state index in [0.29, 0.717) is 16.8 Å². The van der Waals surface area contributed by atoms with Crippen molar-refractivity contribution in [3.05, 3.63) is 37.2 Å². The molecule has 0 aliphatic heterocycles. The SMILES string of the molecule is O=c1c([N+](=O)[O-])cc(Br)cn1CC1(CS)CC1. The van der Waals surface area contributed by atoms with Gasteiger partial charge in [0.15, 0.2) is 0 Å². The summed E-state index contributed by atoms with van der Waals surface area (Å²) in [5.74, 6) is 0.694. The van der Waals surface area contributed by atoms with Crippen molar-refractivity contribution in [2.75, 3.05) is 5.75 Å². The first-order chi connectivity index (χ1) is 7.97. The first-order valence-electron chi connectivity index (χ1n) is 5.13. The van der Waals surface area contributed by atoms with Gasteiger partial charge in [-0.1, -0.05) is 0 Å². The van der Waals surface area contributed by atoms with Crippen molar-refractivity contribution in [1.29, 1.82) is 0 Å². The molecule has 0 unspecified atom stereocenters. The van der Waals surface area contributed by atoms with Gasteiger partial charge < -0.3 is 4.57 Å².